The molecule has 5 nitrogen and oxygen atoms in total. The molecule has 0 aliphatic heterocycles. The Kier molecular flexibility index (Phi) is 4.31. The number of nitrogens with zero attached hydrogens (tertiary/aromatic N) is 1. The highest BCUT2D eigenvalue weighted by atomic mass is 16.5. The van der Waals surface area contributed by atoms with Crippen molar-refractivity contribution in [3.8, 4) is 12.3 Å². The number of amides is 2. The van der Waals surface area contributed by atoms with Crippen LogP contribution in [0.5, 0.6) is 0 Å². The van der Waals surface area contributed by atoms with Gasteiger partial charge in [-0.05, 0) is 0 Å². The van der Waals surface area contributed by atoms with Crippen molar-refractivity contribution in [3.63, 3.8) is 0 Å². The van der Waals surface area contributed by atoms with E-state index < -0.39 is 12.0 Å². The summed E-state index contributed by atoms with van der Waals surface area (Å²) in [7, 11) is 1.20. The minimum atomic E-state index is -0.660. The summed E-state index contributed by atoms with van der Waals surface area (Å²) in [5.41, 5.74) is 4.86. The van der Waals surface area contributed by atoms with Crippen molar-refractivity contribution in [2.75, 3.05) is 20.2 Å². The largest absolute Gasteiger partial charge is 0.453 e. The van der Waals surface area contributed by atoms with Gasteiger partial charge >= 0.3 is 6.09 Å². The number of hydrogen-bond acceptors (Lipinski definition) is 3. The van der Waals surface area contributed by atoms with Crippen molar-refractivity contribution in [1.29, 1.82) is 0 Å². The predicted molar refractivity (Wildman–Crippen MR) is 42.0 cm³/mol. The lowest BCUT2D eigenvalue weighted by molar-refractivity contribution is -0.118. The average molecular weight is 170 g/mol. The maximum atomic E-state index is 10.8. The zero-order valence-electron chi connectivity index (χ0n) is 6.74. The summed E-state index contributed by atoms with van der Waals surface area (Å²) in [6.07, 6.45) is 4.29. The molecule has 0 aromatic carbocycles. The molecule has 0 spiro atoms. The summed E-state index contributed by atoms with van der Waals surface area (Å²) in [5.74, 6) is 1.58. The van der Waals surface area contributed by atoms with E-state index in [1.807, 2.05) is 0 Å². The van der Waals surface area contributed by atoms with Crippen molar-refractivity contribution in [3.05, 3.63) is 0 Å². The van der Waals surface area contributed by atoms with Gasteiger partial charge in [-0.15, -0.1) is 6.42 Å². The van der Waals surface area contributed by atoms with Crippen LogP contribution in [0, 0.1) is 12.3 Å². The first-order chi connectivity index (χ1) is 5.61. The highest BCUT2D eigenvalue weighted by Gasteiger charge is 2.13. The molecular formula is C7H10N2O3. The highest BCUT2D eigenvalue weighted by molar-refractivity contribution is 5.80. The number of rotatable bonds is 3. The molecule has 0 aromatic rings. The molecule has 2 N–H and O–H groups in total. The molecule has 2 amide bonds. The first-order valence-electron chi connectivity index (χ1n) is 3.16. The summed E-state index contributed by atoms with van der Waals surface area (Å²) in [6, 6.07) is 0. The molecule has 0 saturated carbocycles. The lowest BCUT2D eigenvalue weighted by Gasteiger charge is -2.15. The highest BCUT2D eigenvalue weighted by Crippen LogP contribution is 1.90. The number of primary amides is 1. The van der Waals surface area contributed by atoms with Gasteiger partial charge < -0.3 is 10.5 Å². The average Bonchev–Trinajstić information content (AvgIpc) is 2.01. The summed E-state index contributed by atoms with van der Waals surface area (Å²) in [6.45, 7) is -0.216. The van der Waals surface area contributed by atoms with Crippen molar-refractivity contribution in [1.82, 2.24) is 4.90 Å². The fraction of sp³-hybridized carbons (Fsp3) is 0.429. The molecule has 66 valence electrons. The molecule has 0 aliphatic carbocycles. The van der Waals surface area contributed by atoms with Gasteiger partial charge in [0.05, 0.1) is 13.7 Å². The van der Waals surface area contributed by atoms with E-state index in [-0.39, 0.29) is 13.1 Å². The normalized spacial score (nSPS) is 8.33. The Hall–Kier alpha value is -1.70. The Labute approximate surface area is 70.5 Å². The fourth-order valence-corrected chi connectivity index (χ4v) is 0.612. The van der Waals surface area contributed by atoms with E-state index in [2.05, 4.69) is 10.7 Å². The van der Waals surface area contributed by atoms with Crippen LogP contribution < -0.4 is 5.73 Å². The van der Waals surface area contributed by atoms with Gasteiger partial charge in [-0.1, -0.05) is 5.92 Å². The van der Waals surface area contributed by atoms with E-state index in [1.54, 1.807) is 0 Å². The molecule has 0 bridgehead atoms. The fourth-order valence-electron chi connectivity index (χ4n) is 0.612. The van der Waals surface area contributed by atoms with Crippen LogP contribution in [0.15, 0.2) is 0 Å². The summed E-state index contributed by atoms with van der Waals surface area (Å²) >= 11 is 0. The Morgan fingerprint density at radius 3 is 2.58 bits per heavy atom. The molecular weight excluding hydrogens is 160 g/mol. The molecule has 0 fully saturated rings. The van der Waals surface area contributed by atoms with Crippen molar-refractivity contribution in [2.24, 2.45) is 5.73 Å². The number of hydrogen-bond donors (Lipinski definition) is 1. The van der Waals surface area contributed by atoms with Gasteiger partial charge in [-0.25, -0.2) is 4.79 Å². The minimum Gasteiger partial charge on any atom is -0.453 e. The summed E-state index contributed by atoms with van der Waals surface area (Å²) in [5, 5.41) is 0. The number of ether oxygens (including phenoxy) is 1. The monoisotopic (exact) mass is 170 g/mol. The third kappa shape index (κ3) is 3.46. The number of terminal acetylenes is 1. The quantitative estimate of drug-likeness (QED) is 0.562. The van der Waals surface area contributed by atoms with Gasteiger partial charge in [-0.2, -0.15) is 0 Å². The zero-order valence-corrected chi connectivity index (χ0v) is 6.74. The molecule has 0 heterocycles. The first-order valence-corrected chi connectivity index (χ1v) is 3.16. The molecule has 0 rings (SSSR count). The van der Waals surface area contributed by atoms with Crippen molar-refractivity contribution >= 4 is 12.0 Å². The van der Waals surface area contributed by atoms with Gasteiger partial charge in [0.25, 0.3) is 0 Å². The summed E-state index contributed by atoms with van der Waals surface area (Å²) < 4.78 is 4.35. The van der Waals surface area contributed by atoms with Gasteiger partial charge in [-0.3, -0.25) is 9.69 Å². The Morgan fingerprint density at radius 2 is 2.25 bits per heavy atom. The van der Waals surface area contributed by atoms with Crippen LogP contribution in [0.4, 0.5) is 4.79 Å². The van der Waals surface area contributed by atoms with Crippen LogP contribution >= 0.6 is 0 Å². The minimum absolute atomic E-state index is 0.00954. The molecule has 12 heavy (non-hydrogen) atoms. The second kappa shape index (κ2) is 5.02. The first kappa shape index (κ1) is 10.3. The van der Waals surface area contributed by atoms with Crippen molar-refractivity contribution in [2.45, 2.75) is 0 Å². The van der Waals surface area contributed by atoms with Crippen molar-refractivity contribution < 1.29 is 14.3 Å². The van der Waals surface area contributed by atoms with Crippen LogP contribution in [-0.2, 0) is 9.53 Å². The molecule has 0 radical (unpaired) electrons. The van der Waals surface area contributed by atoms with E-state index in [9.17, 15) is 9.59 Å². The zero-order chi connectivity index (χ0) is 9.56. The Morgan fingerprint density at radius 1 is 1.67 bits per heavy atom. The molecule has 0 aromatic heterocycles. The predicted octanol–water partition coefficient (Wildman–Crippen LogP) is -0.827. The summed E-state index contributed by atoms with van der Waals surface area (Å²) in [4.78, 5) is 22.3. The maximum Gasteiger partial charge on any atom is 0.410 e. The Bertz CT molecular complexity index is 219. The molecule has 0 atom stereocenters. The van der Waals surface area contributed by atoms with Gasteiger partial charge in [0.2, 0.25) is 5.91 Å². The number of carbonyl (C=O) groups excluding carboxylic acids is 2. The lowest BCUT2D eigenvalue weighted by Crippen LogP contribution is -2.38. The standard InChI is InChI=1S/C7H10N2O3/c1-3-4-9(5-6(8)10)7(11)12-2/h1H,4-5H2,2H3,(H2,8,10). The van der Waals surface area contributed by atoms with E-state index in [0.29, 0.717) is 0 Å². The number of nitrogens with two attached hydrogens (primary N) is 1. The third-order valence-electron chi connectivity index (χ3n) is 1.06. The van der Waals surface area contributed by atoms with Crippen LogP contribution in [0.25, 0.3) is 0 Å². The Balaban J connectivity index is 4.14. The molecule has 0 unspecified atom stereocenters. The van der Waals surface area contributed by atoms with Crippen LogP contribution in [0.3, 0.4) is 0 Å². The van der Waals surface area contributed by atoms with E-state index in [1.165, 1.54) is 7.11 Å². The van der Waals surface area contributed by atoms with Crippen LogP contribution in [0.2, 0.25) is 0 Å². The second-order valence-electron chi connectivity index (χ2n) is 2.00. The van der Waals surface area contributed by atoms with Crippen LogP contribution in [0.1, 0.15) is 0 Å². The lowest BCUT2D eigenvalue weighted by atomic mass is 10.5. The van der Waals surface area contributed by atoms with Gasteiger partial charge in [0.1, 0.15) is 6.54 Å². The molecule has 0 saturated heterocycles. The SMILES string of the molecule is C#CCN(CC(N)=O)C(=O)OC. The molecule has 0 aliphatic rings. The number of methoxy groups -OCH3 is 1. The van der Waals surface area contributed by atoms with E-state index in [0.717, 1.165) is 4.90 Å². The van der Waals surface area contributed by atoms with Gasteiger partial charge in [0.15, 0.2) is 0 Å². The van der Waals surface area contributed by atoms with E-state index >= 15 is 0 Å². The second-order valence-corrected chi connectivity index (χ2v) is 2.00. The smallest absolute Gasteiger partial charge is 0.410 e. The van der Waals surface area contributed by atoms with Gasteiger partial charge in [0, 0.05) is 0 Å². The van der Waals surface area contributed by atoms with Crippen LogP contribution in [-0.4, -0.2) is 37.1 Å². The number of carbonyl (C=O) groups is 2. The topological polar surface area (TPSA) is 72.6 Å². The third-order valence-corrected chi connectivity index (χ3v) is 1.06. The molecule has 5 heteroatoms. The van der Waals surface area contributed by atoms with E-state index in [4.69, 9.17) is 12.2 Å². The maximum absolute atomic E-state index is 10.8.